The monoisotopic (exact) mass is 364 g/mol. The molecule has 0 aliphatic heterocycles. The van der Waals surface area contributed by atoms with Crippen LogP contribution in [-0.4, -0.2) is 25.2 Å². The van der Waals surface area contributed by atoms with Crippen LogP contribution in [0.1, 0.15) is 66.2 Å². The molecule has 0 aromatic carbocycles. The second kappa shape index (κ2) is 11.2. The molecule has 0 aromatic heterocycles. The summed E-state index contributed by atoms with van der Waals surface area (Å²) in [5.74, 6) is -1.51. The van der Waals surface area contributed by atoms with Crippen molar-refractivity contribution in [1.29, 1.82) is 0 Å². The molecule has 0 radical (unpaired) electrons. The molecular formula is C21H36F4. The van der Waals surface area contributed by atoms with Gasteiger partial charge in [0.05, 0.1) is 6.67 Å². The molecule has 1 aliphatic carbocycles. The number of rotatable bonds is 10. The normalized spacial score (nSPS) is 30.8. The molecule has 1 aliphatic rings. The van der Waals surface area contributed by atoms with Crippen molar-refractivity contribution in [1.82, 2.24) is 0 Å². The molecule has 0 N–H and O–H groups in total. The van der Waals surface area contributed by atoms with E-state index in [0.29, 0.717) is 12.3 Å². The summed E-state index contributed by atoms with van der Waals surface area (Å²) in [5, 5.41) is 0. The quantitative estimate of drug-likeness (QED) is 0.288. The summed E-state index contributed by atoms with van der Waals surface area (Å²) in [4.78, 5) is 0. The molecule has 25 heavy (non-hydrogen) atoms. The van der Waals surface area contributed by atoms with E-state index in [9.17, 15) is 17.6 Å². The SMILES string of the molecule is C/C=C\CC1CCC(C(C)CC(F)C(CF)C(C)C(F)CC)C(F)C1. The smallest absolute Gasteiger partial charge is 0.106 e. The maximum atomic E-state index is 14.7. The Morgan fingerprint density at radius 2 is 1.80 bits per heavy atom. The molecule has 0 spiro atoms. The maximum Gasteiger partial charge on any atom is 0.106 e. The number of halogens is 4. The number of hydrogen-bond acceptors (Lipinski definition) is 0. The van der Waals surface area contributed by atoms with E-state index in [2.05, 4.69) is 6.08 Å². The van der Waals surface area contributed by atoms with Gasteiger partial charge in [0.2, 0.25) is 0 Å². The van der Waals surface area contributed by atoms with Gasteiger partial charge in [-0.05, 0) is 69.1 Å². The Kier molecular flexibility index (Phi) is 10.1. The van der Waals surface area contributed by atoms with Gasteiger partial charge in [-0.15, -0.1) is 0 Å². The Morgan fingerprint density at radius 1 is 1.12 bits per heavy atom. The van der Waals surface area contributed by atoms with E-state index in [4.69, 9.17) is 0 Å². The molecule has 0 bridgehead atoms. The average molecular weight is 365 g/mol. The predicted molar refractivity (Wildman–Crippen MR) is 97.7 cm³/mol. The highest BCUT2D eigenvalue weighted by Crippen LogP contribution is 2.40. The van der Waals surface area contributed by atoms with E-state index in [0.717, 1.165) is 19.3 Å². The summed E-state index contributed by atoms with van der Waals surface area (Å²) in [6.07, 6.45) is 4.09. The van der Waals surface area contributed by atoms with Crippen molar-refractivity contribution >= 4 is 0 Å². The van der Waals surface area contributed by atoms with Gasteiger partial charge in [-0.3, -0.25) is 4.39 Å². The van der Waals surface area contributed by atoms with Gasteiger partial charge in [0.25, 0.3) is 0 Å². The van der Waals surface area contributed by atoms with Gasteiger partial charge in [0.15, 0.2) is 0 Å². The van der Waals surface area contributed by atoms with Crippen LogP contribution in [0.5, 0.6) is 0 Å². The first kappa shape index (κ1) is 22.5. The molecule has 148 valence electrons. The van der Waals surface area contributed by atoms with E-state index in [1.165, 1.54) is 0 Å². The lowest BCUT2D eigenvalue weighted by Gasteiger charge is -2.36. The summed E-state index contributed by atoms with van der Waals surface area (Å²) < 4.78 is 56.4. The lowest BCUT2D eigenvalue weighted by molar-refractivity contribution is 0.0403. The second-order valence-electron chi connectivity index (χ2n) is 7.99. The van der Waals surface area contributed by atoms with Gasteiger partial charge in [-0.2, -0.15) is 0 Å². The van der Waals surface area contributed by atoms with Crippen LogP contribution in [0.3, 0.4) is 0 Å². The van der Waals surface area contributed by atoms with Crippen LogP contribution in [-0.2, 0) is 0 Å². The molecule has 4 heteroatoms. The molecule has 0 amide bonds. The molecule has 0 aromatic rings. The molecular weight excluding hydrogens is 328 g/mol. The zero-order chi connectivity index (χ0) is 19.0. The Balaban J connectivity index is 2.57. The van der Waals surface area contributed by atoms with E-state index in [-0.39, 0.29) is 24.7 Å². The van der Waals surface area contributed by atoms with Crippen LogP contribution in [0.2, 0.25) is 0 Å². The van der Waals surface area contributed by atoms with Gasteiger partial charge >= 0.3 is 0 Å². The van der Waals surface area contributed by atoms with E-state index in [1.807, 2.05) is 19.9 Å². The van der Waals surface area contributed by atoms with Crippen molar-refractivity contribution < 1.29 is 17.6 Å². The fourth-order valence-corrected chi connectivity index (χ4v) is 4.32. The first-order valence-electron chi connectivity index (χ1n) is 9.94. The summed E-state index contributed by atoms with van der Waals surface area (Å²) in [6.45, 7) is 6.24. The summed E-state index contributed by atoms with van der Waals surface area (Å²) in [6, 6.07) is 0. The Bertz CT molecular complexity index is 384. The van der Waals surface area contributed by atoms with Crippen LogP contribution in [0, 0.1) is 29.6 Å². The van der Waals surface area contributed by atoms with Crippen molar-refractivity contribution in [2.75, 3.05) is 6.67 Å². The van der Waals surface area contributed by atoms with E-state index in [1.54, 1.807) is 13.8 Å². The Morgan fingerprint density at radius 3 is 2.32 bits per heavy atom. The molecule has 0 heterocycles. The predicted octanol–water partition coefficient (Wildman–Crippen LogP) is 7.04. The second-order valence-corrected chi connectivity index (χ2v) is 7.99. The van der Waals surface area contributed by atoms with Gasteiger partial charge in [0, 0.05) is 5.92 Å². The van der Waals surface area contributed by atoms with Gasteiger partial charge < -0.3 is 0 Å². The topological polar surface area (TPSA) is 0 Å². The minimum atomic E-state index is -1.41. The van der Waals surface area contributed by atoms with Gasteiger partial charge in [-0.1, -0.05) is 32.9 Å². The summed E-state index contributed by atoms with van der Waals surface area (Å²) in [5.41, 5.74) is 0. The molecule has 1 fully saturated rings. The standard InChI is InChI=1S/C21H36F4/c1-5-7-8-16-9-10-17(21(25)12-16)14(3)11-20(24)18(13-22)15(4)19(23)6-2/h5,7,14-21H,6,8-13H2,1-4H3/b7-5-. The van der Waals surface area contributed by atoms with Crippen LogP contribution >= 0.6 is 0 Å². The lowest BCUT2D eigenvalue weighted by Crippen LogP contribution is -2.36. The molecule has 8 atom stereocenters. The minimum absolute atomic E-state index is 0.125. The highest BCUT2D eigenvalue weighted by molar-refractivity contribution is 4.89. The van der Waals surface area contributed by atoms with Gasteiger partial charge in [-0.25, -0.2) is 13.2 Å². The third-order valence-corrected chi connectivity index (χ3v) is 6.24. The fourth-order valence-electron chi connectivity index (χ4n) is 4.32. The first-order valence-corrected chi connectivity index (χ1v) is 9.94. The van der Waals surface area contributed by atoms with Crippen molar-refractivity contribution in [2.45, 2.75) is 84.7 Å². The number of alkyl halides is 4. The Labute approximate surface area is 151 Å². The highest BCUT2D eigenvalue weighted by atomic mass is 19.1. The van der Waals surface area contributed by atoms with Crippen LogP contribution in [0.15, 0.2) is 12.2 Å². The average Bonchev–Trinajstić information content (AvgIpc) is 2.59. The third-order valence-electron chi connectivity index (χ3n) is 6.24. The molecule has 1 rings (SSSR count). The van der Waals surface area contributed by atoms with Crippen LogP contribution < -0.4 is 0 Å². The van der Waals surface area contributed by atoms with Crippen molar-refractivity contribution in [3.63, 3.8) is 0 Å². The minimum Gasteiger partial charge on any atom is -0.251 e. The number of allylic oxidation sites excluding steroid dienone is 2. The zero-order valence-corrected chi connectivity index (χ0v) is 16.2. The fraction of sp³-hybridized carbons (Fsp3) is 0.905. The first-order chi connectivity index (χ1) is 11.8. The third kappa shape index (κ3) is 6.60. The van der Waals surface area contributed by atoms with E-state index < -0.39 is 37.0 Å². The molecule has 1 saturated carbocycles. The van der Waals surface area contributed by atoms with Gasteiger partial charge in [0.1, 0.15) is 18.5 Å². The van der Waals surface area contributed by atoms with Crippen molar-refractivity contribution in [3.05, 3.63) is 12.2 Å². The van der Waals surface area contributed by atoms with Crippen molar-refractivity contribution in [3.8, 4) is 0 Å². The summed E-state index contributed by atoms with van der Waals surface area (Å²) >= 11 is 0. The van der Waals surface area contributed by atoms with E-state index >= 15 is 0 Å². The molecule has 8 unspecified atom stereocenters. The zero-order valence-electron chi connectivity index (χ0n) is 16.2. The Hall–Kier alpha value is -0.540. The maximum absolute atomic E-state index is 14.7. The van der Waals surface area contributed by atoms with Crippen LogP contribution in [0.4, 0.5) is 17.6 Å². The summed E-state index contributed by atoms with van der Waals surface area (Å²) in [7, 11) is 0. The van der Waals surface area contributed by atoms with Crippen LogP contribution in [0.25, 0.3) is 0 Å². The number of hydrogen-bond donors (Lipinski definition) is 0. The van der Waals surface area contributed by atoms with Crippen molar-refractivity contribution in [2.24, 2.45) is 29.6 Å². The lowest BCUT2D eigenvalue weighted by atomic mass is 9.71. The molecule has 0 nitrogen and oxygen atoms in total. The highest BCUT2D eigenvalue weighted by Gasteiger charge is 2.37. The molecule has 0 saturated heterocycles. The largest absolute Gasteiger partial charge is 0.251 e.